The van der Waals surface area contributed by atoms with E-state index in [2.05, 4.69) is 44.3 Å². The highest BCUT2D eigenvalue weighted by Crippen LogP contribution is 2.39. The van der Waals surface area contributed by atoms with Crippen LogP contribution in [0.4, 0.5) is 4.79 Å². The smallest absolute Gasteiger partial charge is 0.407 e. The number of aromatic nitrogens is 2. The number of aromatic hydroxyl groups is 1. The van der Waals surface area contributed by atoms with Crippen molar-refractivity contribution in [1.29, 1.82) is 0 Å². The van der Waals surface area contributed by atoms with E-state index < -0.39 is 68.0 Å². The largest absolute Gasteiger partial charge is 0.508 e. The molecule has 2 fully saturated rings. The van der Waals surface area contributed by atoms with Crippen LogP contribution >= 0.6 is 0 Å². The second-order valence-corrected chi connectivity index (χ2v) is 23.7. The Bertz CT molecular complexity index is 2640. The maximum atomic E-state index is 14.8. The lowest BCUT2D eigenvalue weighted by molar-refractivity contribution is -0.304. The van der Waals surface area contributed by atoms with Crippen molar-refractivity contribution >= 4 is 69.0 Å². The van der Waals surface area contributed by atoms with Crippen molar-refractivity contribution in [1.82, 2.24) is 20.6 Å². The number of carbonyl (C=O) groups excluding carboxylic acids is 3. The van der Waals surface area contributed by atoms with E-state index in [4.69, 9.17) is 50.8 Å². The molecule has 18 heteroatoms. The summed E-state index contributed by atoms with van der Waals surface area (Å²) < 4.78 is 37.4. The molecule has 2 aliphatic heterocycles. The number of benzene rings is 1. The van der Waals surface area contributed by atoms with Gasteiger partial charge in [-0.3, -0.25) is 14.6 Å². The van der Waals surface area contributed by atoms with Crippen molar-refractivity contribution in [3.05, 3.63) is 71.1 Å². The van der Waals surface area contributed by atoms with Crippen molar-refractivity contribution in [2.75, 3.05) is 32.8 Å². The number of pyridine rings is 1. The molecule has 2 saturated heterocycles. The molecule has 0 saturated carbocycles. The lowest BCUT2D eigenvalue weighted by Gasteiger charge is -2.43. The van der Waals surface area contributed by atoms with E-state index in [1.807, 2.05) is 13.8 Å². The molecule has 10 atom stereocenters. The Labute approximate surface area is 381 Å². The molecule has 15 nitrogen and oxygen atoms in total. The topological polar surface area (TPSA) is 200 Å². The number of ketones is 2. The number of nitrogens with zero attached hydrogens (tertiary/aromatic N) is 1. The van der Waals surface area contributed by atoms with Gasteiger partial charge in [0.15, 0.2) is 24.1 Å². The molecule has 340 valence electrons. The fraction of sp³-hybridized carbons (Fsp3) is 0.478. The molecule has 0 radical (unpaired) electrons. The van der Waals surface area contributed by atoms with Crippen LogP contribution < -0.4 is 10.6 Å². The zero-order valence-electron chi connectivity index (χ0n) is 36.2. The van der Waals surface area contributed by atoms with Crippen molar-refractivity contribution in [3.8, 4) is 29.4 Å². The van der Waals surface area contributed by atoms with Crippen molar-refractivity contribution < 1.29 is 53.0 Å². The molecule has 1 aromatic carbocycles. The number of amides is 1. The minimum atomic E-state index is -1.99. The number of ether oxygens (including phenoxy) is 6. The number of phenols is 1. The molecule has 4 heterocycles. The maximum Gasteiger partial charge on any atom is 0.407 e. The third-order valence-electron chi connectivity index (χ3n) is 11.5. The molecule has 2 aliphatic carbocycles. The lowest BCUT2D eigenvalue weighted by Crippen LogP contribution is -2.55. The Morgan fingerprint density at radius 3 is 2.62 bits per heavy atom. The van der Waals surface area contributed by atoms with Crippen molar-refractivity contribution in [3.63, 3.8) is 0 Å². The van der Waals surface area contributed by atoms with Gasteiger partial charge in [0, 0.05) is 71.6 Å². The zero-order chi connectivity index (χ0) is 45.9. The summed E-state index contributed by atoms with van der Waals surface area (Å²) in [6.07, 6.45) is 2.15. The fourth-order valence-corrected chi connectivity index (χ4v) is 9.41. The predicted molar refractivity (Wildman–Crippen MR) is 247 cm³/mol. The summed E-state index contributed by atoms with van der Waals surface area (Å²) in [5.74, 6) is 10.7. The van der Waals surface area contributed by atoms with Gasteiger partial charge in [-0.2, -0.15) is 0 Å². The zero-order valence-corrected chi connectivity index (χ0v) is 38.7. The summed E-state index contributed by atoms with van der Waals surface area (Å²) in [4.78, 5) is 49.1. The van der Waals surface area contributed by atoms with Crippen LogP contribution in [-0.2, 0) is 62.7 Å². The molecule has 64 heavy (non-hydrogen) atoms. The Kier molecular flexibility index (Phi) is 15.0. The second-order valence-electron chi connectivity index (χ2n) is 16.5. The summed E-state index contributed by atoms with van der Waals surface area (Å²) in [6, 6.07) is 3.64. The fourth-order valence-electron chi connectivity index (χ4n) is 8.52. The number of nitrogens with one attached hydrogen (secondary N) is 3. The number of aliphatic hydroxyl groups is 1. The number of H-pyrrole nitrogens is 1. The number of hydrogen-bond donors (Lipinski definition) is 5. The minimum Gasteiger partial charge on any atom is -0.508 e. The van der Waals surface area contributed by atoms with Gasteiger partial charge in [0.1, 0.15) is 24.0 Å². The van der Waals surface area contributed by atoms with E-state index in [0.717, 1.165) is 5.52 Å². The van der Waals surface area contributed by atoms with E-state index in [1.165, 1.54) is 25.5 Å². The highest BCUT2D eigenvalue weighted by atomic mass is 33.1. The number of aliphatic hydroxyl groups excluding tert-OH is 1. The van der Waals surface area contributed by atoms with Crippen molar-refractivity contribution in [2.24, 2.45) is 5.92 Å². The van der Waals surface area contributed by atoms with Crippen LogP contribution in [0.15, 0.2) is 65.5 Å². The van der Waals surface area contributed by atoms with Crippen LogP contribution in [0.1, 0.15) is 50.4 Å². The first-order valence-electron chi connectivity index (χ1n) is 20.9. The molecule has 0 bridgehead atoms. The average molecular weight is 933 g/mol. The number of phenolic OH excluding ortho intramolecular Hbond substituents is 1. The normalized spacial score (nSPS) is 29.7. The summed E-state index contributed by atoms with van der Waals surface area (Å²) in [5.41, 5.74) is 2.24. The minimum absolute atomic E-state index is 0.0798. The predicted octanol–water partition coefficient (Wildman–Crippen LogP) is 3.82. The number of carbonyl (C=O) groups is 3. The Balaban J connectivity index is 1.30. The molecular weight excluding hydrogens is 881 g/mol. The molecule has 0 spiro atoms. The Morgan fingerprint density at radius 2 is 1.89 bits per heavy atom. The summed E-state index contributed by atoms with van der Waals surface area (Å²) in [6.45, 7) is 6.13. The molecule has 3 aromatic rings. The van der Waals surface area contributed by atoms with Crippen LogP contribution in [0.5, 0.6) is 5.75 Å². The van der Waals surface area contributed by atoms with E-state index in [9.17, 15) is 24.6 Å². The molecule has 8 unspecified atom stereocenters. The van der Waals surface area contributed by atoms with E-state index in [1.54, 1.807) is 50.8 Å². The highest BCUT2D eigenvalue weighted by Gasteiger charge is 2.46. The molecular formula is C46H52N4O11S3. The van der Waals surface area contributed by atoms with Crippen LogP contribution in [0.3, 0.4) is 0 Å². The van der Waals surface area contributed by atoms with E-state index in [-0.39, 0.29) is 71.6 Å². The Morgan fingerprint density at radius 1 is 1.11 bits per heavy atom. The number of aromatic amines is 1. The van der Waals surface area contributed by atoms with E-state index >= 15 is 0 Å². The monoisotopic (exact) mass is 932 g/mol. The number of hydrogen-bond acceptors (Lipinski definition) is 15. The summed E-state index contributed by atoms with van der Waals surface area (Å²) in [7, 11) is 0.814. The van der Waals surface area contributed by atoms with Crippen LogP contribution in [0.2, 0.25) is 0 Å². The van der Waals surface area contributed by atoms with E-state index in [0.29, 0.717) is 28.3 Å². The molecule has 1 amide bonds. The number of Topliss-reactive ketones (excluding diaryl/α,β-unsaturated/α-hetero) is 2. The molecule has 2 aromatic heterocycles. The number of rotatable bonds is 12. The number of allylic oxidation sites excluding steroid dienone is 2. The SMILES string of the molecule is COC(=O)NC1C(=O)C[C@H](O)/C(=C/CS(C)(=S)=S)C2=C1C#C/C=C\C#C[C@@H]2OC1OC(C)C(C(=O)c2cncc3c2[nH]c2ccc(O)cc23)CC1OC1CC(OC)C(NC(C)C)CO1. The van der Waals surface area contributed by atoms with Crippen LogP contribution in [0.25, 0.3) is 21.8 Å². The van der Waals surface area contributed by atoms with Crippen LogP contribution in [0, 0.1) is 29.6 Å². The van der Waals surface area contributed by atoms with Gasteiger partial charge in [0.2, 0.25) is 0 Å². The van der Waals surface area contributed by atoms with Gasteiger partial charge in [-0.25, -0.2) is 4.79 Å². The van der Waals surface area contributed by atoms with Gasteiger partial charge in [-0.05, 0) is 77.9 Å². The maximum absolute atomic E-state index is 14.8. The summed E-state index contributed by atoms with van der Waals surface area (Å²) >= 11 is 11.2. The second kappa shape index (κ2) is 20.3. The average Bonchev–Trinajstić information content (AvgIpc) is 3.62. The molecule has 5 N–H and O–H groups in total. The van der Waals surface area contributed by atoms with Crippen LogP contribution in [-0.4, -0.2) is 132 Å². The quantitative estimate of drug-likeness (QED) is 0.130. The lowest BCUT2D eigenvalue weighted by atomic mass is 9.85. The number of methoxy groups -OCH3 is 2. The first-order chi connectivity index (χ1) is 30.5. The van der Waals surface area contributed by atoms with Gasteiger partial charge in [-0.15, -0.1) is 0 Å². The van der Waals surface area contributed by atoms with Gasteiger partial charge in [-0.1, -0.05) is 50.8 Å². The molecule has 4 aliphatic rings. The van der Waals surface area contributed by atoms with Crippen molar-refractivity contribution in [2.45, 2.75) is 101 Å². The molecule has 7 rings (SSSR count). The van der Waals surface area contributed by atoms with Gasteiger partial charge >= 0.3 is 6.09 Å². The van der Waals surface area contributed by atoms with Gasteiger partial charge < -0.3 is 54.3 Å². The first-order valence-corrected chi connectivity index (χ1v) is 25.0. The standard InChI is InChI=1S/C46H52N4O11S3/c1-24(2)48-34-23-58-40(20-38(34)56-4)60-39-18-29(44(54)32-22-47-21-31-30-17-26(51)13-14-33(30)49-42(31)32)25(3)59-45(39)61-37-12-10-8-7-9-11-28-41(37)27(15-16-64(6,62)63)35(52)19-36(53)43(28)50-46(55)57-5/h7-8,13-15,17,21-22,24-25,29,34-35,37-40,43,45,48-49,51-52H,16,18-20,23H2,1-6H3,(H,50,55)/b8-7-,27-15-/t25?,29?,34?,35-,37-,38?,39?,40?,43?,45?/m0/s1. The summed E-state index contributed by atoms with van der Waals surface area (Å²) in [5, 5.41) is 29.5. The third-order valence-corrected chi connectivity index (χ3v) is 13.1. The first kappa shape index (κ1) is 47.4. The Hall–Kier alpha value is -4.57. The highest BCUT2D eigenvalue weighted by molar-refractivity contribution is 8.56. The number of fused-ring (bicyclic) bond motifs is 3. The number of alkyl carbamates (subject to hydrolysis) is 1. The van der Waals surface area contributed by atoms with Gasteiger partial charge in [0.25, 0.3) is 0 Å². The van der Waals surface area contributed by atoms with Gasteiger partial charge in [0.05, 0.1) is 55.1 Å². The third kappa shape index (κ3) is 10.7.